The Hall–Kier alpha value is -5.12. The smallest absolute Gasteiger partial charge is 0.271 e. The average molecular weight is 559 g/mol. The Morgan fingerprint density at radius 1 is 0.571 bits per heavy atom. The molecule has 0 bridgehead atoms. The van der Waals surface area contributed by atoms with Gasteiger partial charge in [-0.2, -0.15) is 0 Å². The second kappa shape index (κ2) is 7.79. The monoisotopic (exact) mass is 558 g/mol. The molecule has 208 valence electrons. The van der Waals surface area contributed by atoms with Crippen molar-refractivity contribution in [1.82, 2.24) is 18.8 Å². The van der Waals surface area contributed by atoms with E-state index < -0.39 is 43.8 Å². The topological polar surface area (TPSA) is 151 Å². The van der Waals surface area contributed by atoms with Crippen LogP contribution in [0.4, 0.5) is 0 Å². The largest absolute Gasteiger partial charge is 0.287 e. The summed E-state index contributed by atoms with van der Waals surface area (Å²) in [5.74, 6) is 0. The summed E-state index contributed by atoms with van der Waals surface area (Å²) in [5.41, 5.74) is -3.16. The Bertz CT molecular complexity index is 2530. The SMILES string of the molecule is CC(C)(C)c1ccc2c(=N)n3c(=O)c4c(=O)c5nc6c7cc(C(C)(C)C)ccc7c(=N)n6c(=O)c5c(=O)c4nc3c2c1. The van der Waals surface area contributed by atoms with Crippen molar-refractivity contribution < 1.29 is 0 Å². The molecule has 10 nitrogen and oxygen atoms in total. The van der Waals surface area contributed by atoms with Crippen molar-refractivity contribution in [2.45, 2.75) is 52.4 Å². The van der Waals surface area contributed by atoms with E-state index in [0.29, 0.717) is 21.5 Å². The first-order valence-corrected chi connectivity index (χ1v) is 13.5. The predicted octanol–water partition coefficient (Wildman–Crippen LogP) is 2.90. The average Bonchev–Trinajstić information content (AvgIpc) is 3.36. The number of rotatable bonds is 0. The van der Waals surface area contributed by atoms with Gasteiger partial charge in [0.15, 0.2) is 0 Å². The molecule has 0 fully saturated rings. The second-order valence-corrected chi connectivity index (χ2v) is 13.0. The summed E-state index contributed by atoms with van der Waals surface area (Å²) in [6.45, 7) is 12.2. The highest BCUT2D eigenvalue weighted by Crippen LogP contribution is 2.28. The number of aromatic nitrogens is 4. The van der Waals surface area contributed by atoms with E-state index in [1.807, 2.05) is 65.8 Å². The Morgan fingerprint density at radius 2 is 0.929 bits per heavy atom. The van der Waals surface area contributed by atoms with E-state index >= 15 is 0 Å². The molecule has 0 amide bonds. The van der Waals surface area contributed by atoms with Crippen LogP contribution in [0.1, 0.15) is 52.7 Å². The molecule has 0 spiro atoms. The van der Waals surface area contributed by atoms with Gasteiger partial charge in [-0.15, -0.1) is 0 Å². The summed E-state index contributed by atoms with van der Waals surface area (Å²) in [7, 11) is 0. The Labute approximate surface area is 236 Å². The van der Waals surface area contributed by atoms with Crippen molar-refractivity contribution in [1.29, 1.82) is 10.8 Å². The van der Waals surface area contributed by atoms with E-state index in [0.717, 1.165) is 19.9 Å². The molecule has 10 heteroatoms. The number of nitrogens with zero attached hydrogens (tertiary/aromatic N) is 4. The molecule has 0 aliphatic carbocycles. The van der Waals surface area contributed by atoms with Gasteiger partial charge in [-0.3, -0.25) is 30.0 Å². The van der Waals surface area contributed by atoms with Gasteiger partial charge in [0.2, 0.25) is 10.9 Å². The Balaban J connectivity index is 1.70. The van der Waals surface area contributed by atoms with E-state index in [4.69, 9.17) is 10.8 Å². The summed E-state index contributed by atoms with van der Waals surface area (Å²) < 4.78 is 2.07. The lowest BCUT2D eigenvalue weighted by Crippen LogP contribution is -2.34. The first-order chi connectivity index (χ1) is 19.6. The third-order valence-electron chi connectivity index (χ3n) is 8.26. The van der Waals surface area contributed by atoms with Crippen molar-refractivity contribution in [3.05, 3.63) is 99.7 Å². The molecule has 0 aliphatic rings. The van der Waals surface area contributed by atoms with Gasteiger partial charge in [0.25, 0.3) is 11.1 Å². The molecule has 7 aromatic rings. The summed E-state index contributed by atoms with van der Waals surface area (Å²) >= 11 is 0. The fourth-order valence-electron chi connectivity index (χ4n) is 5.84. The van der Waals surface area contributed by atoms with Crippen LogP contribution in [-0.2, 0) is 10.8 Å². The second-order valence-electron chi connectivity index (χ2n) is 13.0. The molecule has 7 rings (SSSR count). The summed E-state index contributed by atoms with van der Waals surface area (Å²) in [6, 6.07) is 10.9. The summed E-state index contributed by atoms with van der Waals surface area (Å²) in [5, 5.41) is 18.3. The number of nitrogens with one attached hydrogen (secondary N) is 2. The van der Waals surface area contributed by atoms with E-state index in [9.17, 15) is 19.2 Å². The molecule has 2 N–H and O–H groups in total. The third kappa shape index (κ3) is 3.14. The molecule has 0 aliphatic heterocycles. The van der Waals surface area contributed by atoms with Crippen LogP contribution in [0.25, 0.3) is 54.6 Å². The maximum absolute atomic E-state index is 13.9. The fourth-order valence-corrected chi connectivity index (χ4v) is 5.84. The molecule has 0 radical (unpaired) electrons. The van der Waals surface area contributed by atoms with Crippen LogP contribution in [0.15, 0.2) is 55.6 Å². The van der Waals surface area contributed by atoms with Crippen LogP contribution in [0.2, 0.25) is 0 Å². The summed E-state index contributed by atoms with van der Waals surface area (Å²) in [6.07, 6.45) is 0. The van der Waals surface area contributed by atoms with Gasteiger partial charge in [-0.25, -0.2) is 18.8 Å². The lowest BCUT2D eigenvalue weighted by molar-refractivity contribution is 0.591. The molecular weight excluding hydrogens is 532 g/mol. The quantitative estimate of drug-likeness (QED) is 0.273. The van der Waals surface area contributed by atoms with Gasteiger partial charge in [0, 0.05) is 21.5 Å². The van der Waals surface area contributed by atoms with E-state index in [2.05, 4.69) is 9.97 Å². The third-order valence-corrected chi connectivity index (χ3v) is 8.26. The number of fused-ring (bicyclic) bond motifs is 8. The highest BCUT2D eigenvalue weighted by molar-refractivity contribution is 6.02. The minimum Gasteiger partial charge on any atom is -0.287 e. The van der Waals surface area contributed by atoms with Gasteiger partial charge in [0.05, 0.1) is 0 Å². The lowest BCUT2D eigenvalue weighted by Gasteiger charge is -2.18. The fraction of sp³-hybridized carbons (Fsp3) is 0.250. The number of hydrogen-bond acceptors (Lipinski definition) is 8. The van der Waals surface area contributed by atoms with Crippen LogP contribution in [0.5, 0.6) is 0 Å². The molecule has 0 saturated carbocycles. The van der Waals surface area contributed by atoms with Crippen LogP contribution >= 0.6 is 0 Å². The van der Waals surface area contributed by atoms with Gasteiger partial charge in [-0.1, -0.05) is 65.8 Å². The van der Waals surface area contributed by atoms with Crippen molar-refractivity contribution >= 4 is 54.6 Å². The lowest BCUT2D eigenvalue weighted by atomic mass is 9.86. The predicted molar refractivity (Wildman–Crippen MR) is 162 cm³/mol. The number of hydrogen-bond donors (Lipinski definition) is 2. The first-order valence-electron chi connectivity index (χ1n) is 13.5. The maximum atomic E-state index is 13.9. The van der Waals surface area contributed by atoms with Crippen LogP contribution in [0.3, 0.4) is 0 Å². The van der Waals surface area contributed by atoms with Crippen molar-refractivity contribution in [2.24, 2.45) is 0 Å². The molecule has 3 aromatic carbocycles. The number of benzene rings is 3. The van der Waals surface area contributed by atoms with E-state index in [1.165, 1.54) is 0 Å². The van der Waals surface area contributed by atoms with Crippen LogP contribution < -0.4 is 33.0 Å². The van der Waals surface area contributed by atoms with Gasteiger partial charge in [-0.05, 0) is 34.1 Å². The van der Waals surface area contributed by atoms with Gasteiger partial charge < -0.3 is 0 Å². The van der Waals surface area contributed by atoms with Crippen LogP contribution in [-0.4, -0.2) is 18.8 Å². The normalized spacial score (nSPS) is 13.1. The first kappa shape index (κ1) is 25.8. The van der Waals surface area contributed by atoms with Crippen molar-refractivity contribution in [2.75, 3.05) is 0 Å². The Morgan fingerprint density at radius 3 is 1.26 bits per heavy atom. The molecule has 4 heterocycles. The standard InChI is InChI=1S/C32H26N6O4/c1-31(2,3)13-7-9-15-17(11-13)27-35-21-19(29(41)37(27)25(15)33)24(40)22-20(23(21)39)30(42)38-26(34)16-10-8-14(32(4,5)6)12-18(16)28(38)36-22/h7-12,33-34H,1-6H3. The molecule has 4 aromatic heterocycles. The zero-order valence-electron chi connectivity index (χ0n) is 23.9. The van der Waals surface area contributed by atoms with Gasteiger partial charge >= 0.3 is 0 Å². The minimum atomic E-state index is -0.904. The highest BCUT2D eigenvalue weighted by Gasteiger charge is 2.26. The van der Waals surface area contributed by atoms with E-state index in [-0.39, 0.29) is 33.1 Å². The Kier molecular flexibility index (Phi) is 4.79. The molecule has 0 saturated heterocycles. The van der Waals surface area contributed by atoms with E-state index in [1.54, 1.807) is 12.1 Å². The minimum absolute atomic E-state index is 0.0681. The maximum Gasteiger partial charge on any atom is 0.271 e. The summed E-state index contributed by atoms with van der Waals surface area (Å²) in [4.78, 5) is 64.3. The van der Waals surface area contributed by atoms with Crippen LogP contribution in [0, 0.1) is 10.8 Å². The molecule has 42 heavy (non-hydrogen) atoms. The molecule has 0 unspecified atom stereocenters. The zero-order valence-corrected chi connectivity index (χ0v) is 23.9. The van der Waals surface area contributed by atoms with Crippen molar-refractivity contribution in [3.63, 3.8) is 0 Å². The molecular formula is C32H26N6O4. The zero-order chi connectivity index (χ0) is 30.2. The molecule has 0 atom stereocenters. The van der Waals surface area contributed by atoms with Gasteiger partial charge in [0.1, 0.15) is 44.1 Å². The highest BCUT2D eigenvalue weighted by atomic mass is 16.2. The van der Waals surface area contributed by atoms with Crippen molar-refractivity contribution in [3.8, 4) is 0 Å².